The molecule has 1 fully saturated rings. The average molecular weight is 602 g/mol. The third-order valence-electron chi connectivity index (χ3n) is 9.45. The Labute approximate surface area is 257 Å². The number of aromatic hydroxyl groups is 2. The first-order valence-electron chi connectivity index (χ1n) is 16.6. The lowest BCUT2D eigenvalue weighted by Crippen LogP contribution is -2.37. The smallest absolute Gasteiger partial charge is 0.309 e. The summed E-state index contributed by atoms with van der Waals surface area (Å²) in [4.78, 5) is 15.3. The highest BCUT2D eigenvalue weighted by Gasteiger charge is 2.42. The molecule has 0 radical (unpaired) electrons. The van der Waals surface area contributed by atoms with Gasteiger partial charge in [-0.2, -0.15) is 0 Å². The molecule has 8 nitrogen and oxygen atoms in total. The number of hydrogen-bond donors (Lipinski definition) is 7. The zero-order valence-corrected chi connectivity index (χ0v) is 26.0. The van der Waals surface area contributed by atoms with E-state index in [0.717, 1.165) is 69.2 Å². The highest BCUT2D eigenvalue weighted by molar-refractivity contribution is 5.70. The second-order valence-corrected chi connectivity index (χ2v) is 12.9. The number of phenols is 2. The summed E-state index contributed by atoms with van der Waals surface area (Å²) in [6, 6.07) is 8.25. The number of hydrogen-bond acceptors (Lipinski definition) is 6. The monoisotopic (exact) mass is 601 g/mol. The molecule has 1 heterocycles. The Morgan fingerprint density at radius 3 is 2.16 bits per heavy atom. The zero-order chi connectivity index (χ0) is 31.2. The lowest BCUT2D eigenvalue weighted by Gasteiger charge is -2.32. The maximum atomic E-state index is 12.0. The molecule has 7 N–H and O–H groups in total. The maximum absolute atomic E-state index is 12.0. The van der Waals surface area contributed by atoms with Gasteiger partial charge in [-0.15, -0.1) is 0 Å². The summed E-state index contributed by atoms with van der Waals surface area (Å²) in [6.07, 6.45) is 13.9. The van der Waals surface area contributed by atoms with Gasteiger partial charge >= 0.3 is 5.97 Å². The fraction of sp³-hybridized carbons (Fsp3) is 0.686. The minimum Gasteiger partial charge on any atom is -0.508 e. The fourth-order valence-corrected chi connectivity index (χ4v) is 6.80. The number of aliphatic carboxylic acids is 1. The van der Waals surface area contributed by atoms with Crippen LogP contribution in [0.25, 0.3) is 11.3 Å². The van der Waals surface area contributed by atoms with Crippen molar-refractivity contribution in [3.8, 4) is 22.8 Å². The van der Waals surface area contributed by atoms with Crippen LogP contribution in [0.5, 0.6) is 11.5 Å². The van der Waals surface area contributed by atoms with Crippen LogP contribution in [0.3, 0.4) is 0 Å². The summed E-state index contributed by atoms with van der Waals surface area (Å²) in [7, 11) is 0. The van der Waals surface area contributed by atoms with Crippen molar-refractivity contribution in [2.45, 2.75) is 140 Å². The van der Waals surface area contributed by atoms with Crippen LogP contribution < -0.4 is 0 Å². The van der Waals surface area contributed by atoms with Gasteiger partial charge in [-0.1, -0.05) is 71.1 Å². The van der Waals surface area contributed by atoms with Crippen molar-refractivity contribution < 1.29 is 35.4 Å². The van der Waals surface area contributed by atoms with E-state index >= 15 is 0 Å². The zero-order valence-electron chi connectivity index (χ0n) is 26.0. The number of phenolic OH excluding ortho intramolecular Hbond substituents is 2. The number of unbranched alkanes of at least 4 members (excludes halogenated alkanes) is 7. The lowest BCUT2D eigenvalue weighted by molar-refractivity contribution is -0.146. The van der Waals surface area contributed by atoms with E-state index in [1.165, 1.54) is 31.7 Å². The summed E-state index contributed by atoms with van der Waals surface area (Å²) < 4.78 is 0. The van der Waals surface area contributed by atoms with Gasteiger partial charge in [-0.3, -0.25) is 4.79 Å². The van der Waals surface area contributed by atoms with E-state index in [-0.39, 0.29) is 29.9 Å². The second-order valence-electron chi connectivity index (χ2n) is 12.9. The van der Waals surface area contributed by atoms with Gasteiger partial charge in [0.15, 0.2) is 0 Å². The normalized spacial score (nSPS) is 20.7. The van der Waals surface area contributed by atoms with Crippen LogP contribution in [0.1, 0.15) is 122 Å². The van der Waals surface area contributed by atoms with Crippen LogP contribution >= 0.6 is 0 Å². The van der Waals surface area contributed by atoms with Gasteiger partial charge in [0.05, 0.1) is 23.7 Å². The van der Waals surface area contributed by atoms with Crippen molar-refractivity contribution in [2.75, 3.05) is 0 Å². The van der Waals surface area contributed by atoms with Crippen molar-refractivity contribution in [1.29, 1.82) is 0 Å². The summed E-state index contributed by atoms with van der Waals surface area (Å²) in [5, 5.41) is 62.0. The van der Waals surface area contributed by atoms with Gasteiger partial charge in [0, 0.05) is 23.0 Å². The molecule has 0 spiro atoms. The highest BCUT2D eigenvalue weighted by atomic mass is 16.4. The maximum Gasteiger partial charge on any atom is 0.309 e. The number of aliphatic hydroxyl groups excluding tert-OH is 2. The number of carboxylic acid groups (broad SMARTS) is 1. The molecule has 242 valence electrons. The number of aromatic nitrogens is 1. The molecule has 1 aromatic heterocycles. The summed E-state index contributed by atoms with van der Waals surface area (Å²) in [6.45, 7) is 2.20. The van der Waals surface area contributed by atoms with Crippen molar-refractivity contribution in [2.24, 2.45) is 11.8 Å². The van der Waals surface area contributed by atoms with Crippen molar-refractivity contribution in [3.05, 3.63) is 36.0 Å². The minimum absolute atomic E-state index is 0.0150. The topological polar surface area (TPSA) is 154 Å². The fourth-order valence-electron chi connectivity index (χ4n) is 6.80. The molecule has 2 aromatic rings. The van der Waals surface area contributed by atoms with Gasteiger partial charge in [-0.05, 0) is 81.5 Å². The Morgan fingerprint density at radius 1 is 0.907 bits per heavy atom. The number of carboxylic acids is 1. The Hall–Kier alpha value is -2.55. The molecule has 5 atom stereocenters. The number of H-pyrrole nitrogens is 1. The molecule has 0 aliphatic heterocycles. The van der Waals surface area contributed by atoms with Crippen LogP contribution in [0, 0.1) is 11.8 Å². The van der Waals surface area contributed by atoms with E-state index in [1.54, 1.807) is 12.1 Å². The average Bonchev–Trinajstić information content (AvgIpc) is 3.57. The summed E-state index contributed by atoms with van der Waals surface area (Å²) in [5.74, 6) is -1.89. The van der Waals surface area contributed by atoms with E-state index in [0.29, 0.717) is 31.2 Å². The SMILES string of the molecule is CCCCCCC[C@H](O)CCCCCC[C@H](C(=O)O)[C@H](O)CC[C@@]1(O)CCC[C@H]1Cc1ccc(-c2cc(O)cc(O)c2)[nH]1. The second kappa shape index (κ2) is 17.7. The van der Waals surface area contributed by atoms with Crippen LogP contribution in [-0.2, 0) is 11.2 Å². The molecule has 1 aromatic carbocycles. The van der Waals surface area contributed by atoms with Gasteiger partial charge in [-0.25, -0.2) is 0 Å². The molecule has 8 heteroatoms. The Morgan fingerprint density at radius 2 is 1.53 bits per heavy atom. The van der Waals surface area contributed by atoms with Crippen LogP contribution in [-0.4, -0.2) is 59.4 Å². The van der Waals surface area contributed by atoms with E-state index in [1.807, 2.05) is 12.1 Å². The number of benzene rings is 1. The number of aromatic amines is 1. The molecule has 0 bridgehead atoms. The van der Waals surface area contributed by atoms with Crippen molar-refractivity contribution >= 4 is 5.97 Å². The molecule has 0 unspecified atom stereocenters. The first-order chi connectivity index (χ1) is 20.6. The third kappa shape index (κ3) is 11.5. The van der Waals surface area contributed by atoms with Gasteiger partial charge < -0.3 is 35.6 Å². The Kier molecular flexibility index (Phi) is 14.4. The Bertz CT molecular complexity index is 1080. The first-order valence-corrected chi connectivity index (χ1v) is 16.6. The molecule has 1 aliphatic rings. The molecule has 0 saturated heterocycles. The Balaban J connectivity index is 1.40. The van der Waals surface area contributed by atoms with E-state index in [4.69, 9.17) is 0 Å². The third-order valence-corrected chi connectivity index (χ3v) is 9.45. The highest BCUT2D eigenvalue weighted by Crippen LogP contribution is 2.42. The molecule has 3 rings (SSSR count). The quantitative estimate of drug-likeness (QED) is 0.0755. The molecule has 0 amide bonds. The minimum atomic E-state index is -1.01. The standard InChI is InChI=1S/C35H55NO7/c1-2-3-4-5-8-13-28(37)14-9-6-7-10-15-31(34(41)42)33(40)18-20-35(43)19-11-12-26(35)23-27-16-17-32(36-27)25-21-29(38)24-30(39)22-25/h16-17,21-22,24,26,28,31,33,36-40,43H,2-15,18-20,23H2,1H3,(H,41,42)/t26-,28-,31-,33+,35-/m0/s1. The molecule has 43 heavy (non-hydrogen) atoms. The van der Waals surface area contributed by atoms with E-state index in [2.05, 4.69) is 11.9 Å². The number of rotatable bonds is 21. The van der Waals surface area contributed by atoms with E-state index < -0.39 is 23.6 Å². The number of aliphatic hydroxyl groups is 3. The number of carbonyl (C=O) groups is 1. The molecule has 1 saturated carbocycles. The van der Waals surface area contributed by atoms with Crippen LogP contribution in [0.4, 0.5) is 0 Å². The van der Waals surface area contributed by atoms with Crippen LogP contribution in [0.2, 0.25) is 0 Å². The van der Waals surface area contributed by atoms with Gasteiger partial charge in [0.1, 0.15) is 11.5 Å². The van der Waals surface area contributed by atoms with Crippen molar-refractivity contribution in [3.63, 3.8) is 0 Å². The molecule has 1 aliphatic carbocycles. The summed E-state index contributed by atoms with van der Waals surface area (Å²) >= 11 is 0. The summed E-state index contributed by atoms with van der Waals surface area (Å²) in [5.41, 5.74) is 1.40. The first kappa shape index (κ1) is 34.9. The van der Waals surface area contributed by atoms with Gasteiger partial charge in [0.25, 0.3) is 0 Å². The molecular formula is C35H55NO7. The van der Waals surface area contributed by atoms with Gasteiger partial charge in [0.2, 0.25) is 0 Å². The predicted octanol–water partition coefficient (Wildman–Crippen LogP) is 7.07. The predicted molar refractivity (Wildman–Crippen MR) is 169 cm³/mol. The lowest BCUT2D eigenvalue weighted by atomic mass is 9.81. The molecular weight excluding hydrogens is 546 g/mol. The number of nitrogens with one attached hydrogen (secondary N) is 1. The van der Waals surface area contributed by atoms with E-state index in [9.17, 15) is 35.4 Å². The largest absolute Gasteiger partial charge is 0.508 e. The van der Waals surface area contributed by atoms with Crippen LogP contribution in [0.15, 0.2) is 30.3 Å². The van der Waals surface area contributed by atoms with Crippen molar-refractivity contribution in [1.82, 2.24) is 4.98 Å².